The van der Waals surface area contributed by atoms with Gasteiger partial charge >= 0.3 is 6.61 Å². The van der Waals surface area contributed by atoms with Crippen LogP contribution in [0.4, 0.5) is 8.78 Å². The molecule has 0 bridgehead atoms. The predicted molar refractivity (Wildman–Crippen MR) is 128 cm³/mol. The average molecular weight is 558 g/mol. The quantitative estimate of drug-likeness (QED) is 0.212. The standard InChI is InChI=1S/C21H24F2N6O2.HI/c1-2-25-21(26-11-15-3-7-17(8-4-15)29-14-24-13-28-29)27-12-19(30)16-5-9-18(10-6-16)31-20(22)23;/h3-10,13-14,19-20,30H,2,11-12H2,1H3,(H2,25,26,27);1H. The van der Waals surface area contributed by atoms with E-state index in [1.807, 2.05) is 31.2 Å². The van der Waals surface area contributed by atoms with Crippen LogP contribution in [0.5, 0.6) is 5.75 Å². The summed E-state index contributed by atoms with van der Waals surface area (Å²) in [4.78, 5) is 8.46. The van der Waals surface area contributed by atoms with Crippen molar-refractivity contribution in [1.82, 2.24) is 25.4 Å². The van der Waals surface area contributed by atoms with E-state index in [0.717, 1.165) is 11.3 Å². The van der Waals surface area contributed by atoms with Gasteiger partial charge in [0.25, 0.3) is 0 Å². The number of benzene rings is 2. The van der Waals surface area contributed by atoms with E-state index in [1.54, 1.807) is 23.1 Å². The van der Waals surface area contributed by atoms with E-state index in [9.17, 15) is 13.9 Å². The molecular formula is C21H25F2IN6O2. The second-order valence-corrected chi connectivity index (χ2v) is 6.55. The van der Waals surface area contributed by atoms with Gasteiger partial charge in [-0.2, -0.15) is 13.9 Å². The third-order valence-corrected chi connectivity index (χ3v) is 4.34. The Hall–Kier alpha value is -2.80. The average Bonchev–Trinajstić information content (AvgIpc) is 3.31. The van der Waals surface area contributed by atoms with Crippen LogP contribution in [-0.2, 0) is 6.54 Å². The van der Waals surface area contributed by atoms with Crippen LogP contribution >= 0.6 is 24.0 Å². The zero-order valence-electron chi connectivity index (χ0n) is 17.4. The molecule has 0 aliphatic carbocycles. The van der Waals surface area contributed by atoms with Crippen molar-refractivity contribution in [3.63, 3.8) is 0 Å². The van der Waals surface area contributed by atoms with Crippen LogP contribution in [0.15, 0.2) is 66.2 Å². The first kappa shape index (κ1) is 25.5. The normalized spacial score (nSPS) is 12.2. The Morgan fingerprint density at radius 1 is 1.12 bits per heavy atom. The van der Waals surface area contributed by atoms with Gasteiger partial charge in [-0.25, -0.2) is 14.7 Å². The molecule has 32 heavy (non-hydrogen) atoms. The highest BCUT2D eigenvalue weighted by Crippen LogP contribution is 2.19. The third-order valence-electron chi connectivity index (χ3n) is 4.34. The molecule has 0 fully saturated rings. The molecule has 1 aromatic heterocycles. The molecule has 8 nitrogen and oxygen atoms in total. The maximum absolute atomic E-state index is 12.2. The number of alkyl halides is 2. The van der Waals surface area contributed by atoms with Gasteiger partial charge in [0.2, 0.25) is 0 Å². The molecule has 3 rings (SSSR count). The van der Waals surface area contributed by atoms with Crippen LogP contribution in [0.2, 0.25) is 0 Å². The molecule has 0 aliphatic rings. The van der Waals surface area contributed by atoms with Crippen molar-refractivity contribution in [2.45, 2.75) is 26.2 Å². The number of hydrogen-bond acceptors (Lipinski definition) is 5. The minimum atomic E-state index is -2.88. The predicted octanol–water partition coefficient (Wildman–Crippen LogP) is 3.28. The van der Waals surface area contributed by atoms with Crippen LogP contribution in [0.25, 0.3) is 5.69 Å². The molecule has 1 atom stereocenters. The van der Waals surface area contributed by atoms with Crippen LogP contribution in [0.3, 0.4) is 0 Å². The fraction of sp³-hybridized carbons (Fsp3) is 0.286. The fourth-order valence-electron chi connectivity index (χ4n) is 2.79. The van der Waals surface area contributed by atoms with Gasteiger partial charge in [0.1, 0.15) is 18.4 Å². The number of nitrogens with one attached hydrogen (secondary N) is 2. The molecule has 0 aliphatic heterocycles. The minimum Gasteiger partial charge on any atom is -0.435 e. The summed E-state index contributed by atoms with van der Waals surface area (Å²) in [6.07, 6.45) is 2.27. The maximum Gasteiger partial charge on any atom is 0.387 e. The molecule has 0 amide bonds. The Kier molecular flexibility index (Phi) is 10.3. The number of guanidine groups is 1. The molecule has 3 aromatic rings. The van der Waals surface area contributed by atoms with Gasteiger partial charge in [0, 0.05) is 13.1 Å². The monoisotopic (exact) mass is 558 g/mol. The van der Waals surface area contributed by atoms with Crippen LogP contribution in [0, 0.1) is 0 Å². The molecule has 0 saturated heterocycles. The number of aliphatic hydroxyl groups excluding tert-OH is 1. The Balaban J connectivity index is 0.00000363. The molecule has 1 heterocycles. The molecule has 172 valence electrons. The van der Waals surface area contributed by atoms with Crippen molar-refractivity contribution < 1.29 is 18.6 Å². The van der Waals surface area contributed by atoms with Gasteiger partial charge in [-0.1, -0.05) is 24.3 Å². The Morgan fingerprint density at radius 2 is 1.84 bits per heavy atom. The zero-order chi connectivity index (χ0) is 22.1. The van der Waals surface area contributed by atoms with Gasteiger partial charge in [0.05, 0.1) is 18.3 Å². The molecule has 0 spiro atoms. The first-order chi connectivity index (χ1) is 15.0. The summed E-state index contributed by atoms with van der Waals surface area (Å²) in [7, 11) is 0. The van der Waals surface area contributed by atoms with Crippen molar-refractivity contribution in [1.29, 1.82) is 0 Å². The largest absolute Gasteiger partial charge is 0.435 e. The molecule has 0 radical (unpaired) electrons. The Morgan fingerprint density at radius 3 is 2.44 bits per heavy atom. The van der Waals surface area contributed by atoms with Gasteiger partial charge in [-0.05, 0) is 42.3 Å². The van der Waals surface area contributed by atoms with Crippen molar-refractivity contribution in [3.05, 3.63) is 72.3 Å². The zero-order valence-corrected chi connectivity index (χ0v) is 19.7. The molecular weight excluding hydrogens is 533 g/mol. The highest BCUT2D eigenvalue weighted by Gasteiger charge is 2.10. The van der Waals surface area contributed by atoms with E-state index in [2.05, 4.69) is 30.4 Å². The lowest BCUT2D eigenvalue weighted by Crippen LogP contribution is -2.39. The van der Waals surface area contributed by atoms with Crippen molar-refractivity contribution in [2.24, 2.45) is 4.99 Å². The van der Waals surface area contributed by atoms with E-state index < -0.39 is 12.7 Å². The summed E-state index contributed by atoms with van der Waals surface area (Å²) >= 11 is 0. The number of aromatic nitrogens is 3. The highest BCUT2D eigenvalue weighted by atomic mass is 127. The number of ether oxygens (including phenoxy) is 1. The second kappa shape index (κ2) is 12.9. The number of aliphatic hydroxyl groups is 1. The van der Waals surface area contributed by atoms with E-state index in [-0.39, 0.29) is 36.3 Å². The van der Waals surface area contributed by atoms with Gasteiger partial charge < -0.3 is 20.5 Å². The van der Waals surface area contributed by atoms with Gasteiger partial charge in [-0.3, -0.25) is 0 Å². The summed E-state index contributed by atoms with van der Waals surface area (Å²) in [6, 6.07) is 13.7. The second-order valence-electron chi connectivity index (χ2n) is 6.55. The Labute approximate surface area is 201 Å². The summed E-state index contributed by atoms with van der Waals surface area (Å²) in [6.45, 7) is 0.374. The third kappa shape index (κ3) is 7.71. The Bertz CT molecular complexity index is 953. The van der Waals surface area contributed by atoms with Crippen LogP contribution in [0.1, 0.15) is 24.2 Å². The summed E-state index contributed by atoms with van der Waals surface area (Å²) < 4.78 is 30.5. The number of aliphatic imine (C=N–C) groups is 1. The lowest BCUT2D eigenvalue weighted by Gasteiger charge is -2.16. The molecule has 11 heteroatoms. The van der Waals surface area contributed by atoms with E-state index in [0.29, 0.717) is 24.6 Å². The molecule has 1 unspecified atom stereocenters. The molecule has 2 aromatic carbocycles. The topological polar surface area (TPSA) is 96.6 Å². The summed E-state index contributed by atoms with van der Waals surface area (Å²) in [5.41, 5.74) is 2.49. The maximum atomic E-state index is 12.2. The van der Waals surface area contributed by atoms with E-state index >= 15 is 0 Å². The smallest absolute Gasteiger partial charge is 0.387 e. The van der Waals surface area contributed by atoms with Crippen LogP contribution in [-0.4, -0.2) is 45.5 Å². The lowest BCUT2D eigenvalue weighted by molar-refractivity contribution is -0.0498. The van der Waals surface area contributed by atoms with Crippen LogP contribution < -0.4 is 15.4 Å². The number of nitrogens with zero attached hydrogens (tertiary/aromatic N) is 4. The SMILES string of the molecule is CCNC(=NCc1ccc(-n2cncn2)cc1)NCC(O)c1ccc(OC(F)F)cc1.I. The number of rotatable bonds is 9. The van der Waals surface area contributed by atoms with E-state index in [4.69, 9.17) is 0 Å². The summed E-state index contributed by atoms with van der Waals surface area (Å²) in [5.74, 6) is 0.600. The van der Waals surface area contributed by atoms with Gasteiger partial charge in [0.15, 0.2) is 5.96 Å². The number of halogens is 3. The molecule has 3 N–H and O–H groups in total. The highest BCUT2D eigenvalue weighted by molar-refractivity contribution is 14.0. The summed E-state index contributed by atoms with van der Waals surface area (Å²) in [5, 5.41) is 20.7. The van der Waals surface area contributed by atoms with Crippen molar-refractivity contribution in [2.75, 3.05) is 13.1 Å². The lowest BCUT2D eigenvalue weighted by atomic mass is 10.1. The molecule has 0 saturated carbocycles. The first-order valence-corrected chi connectivity index (χ1v) is 9.74. The fourth-order valence-corrected chi connectivity index (χ4v) is 2.79. The number of hydrogen-bond donors (Lipinski definition) is 3. The van der Waals surface area contributed by atoms with Crippen molar-refractivity contribution >= 4 is 29.9 Å². The first-order valence-electron chi connectivity index (χ1n) is 9.74. The van der Waals surface area contributed by atoms with E-state index in [1.165, 1.54) is 18.5 Å². The minimum absolute atomic E-state index is 0. The van der Waals surface area contributed by atoms with Crippen molar-refractivity contribution in [3.8, 4) is 11.4 Å². The van der Waals surface area contributed by atoms with Gasteiger partial charge in [-0.15, -0.1) is 24.0 Å².